The zero-order valence-electron chi connectivity index (χ0n) is 10.5. The predicted molar refractivity (Wildman–Crippen MR) is 65.4 cm³/mol. The predicted octanol–water partition coefficient (Wildman–Crippen LogP) is 3.10. The van der Waals surface area contributed by atoms with Gasteiger partial charge in [-0.05, 0) is 26.2 Å². The van der Waals surface area contributed by atoms with Crippen molar-refractivity contribution < 1.29 is 5.11 Å². The molecule has 2 nitrogen and oxygen atoms in total. The van der Waals surface area contributed by atoms with Gasteiger partial charge in [0.25, 0.3) is 0 Å². The van der Waals surface area contributed by atoms with Crippen LogP contribution in [0, 0.1) is 19.3 Å². The molecule has 0 radical (unpaired) electrons. The number of aryl methyl sites for hydroxylation is 2. The number of aromatic nitrogens is 1. The smallest absolute Gasteiger partial charge is 0.0959 e. The van der Waals surface area contributed by atoms with E-state index in [1.54, 1.807) is 11.3 Å². The molecule has 1 unspecified atom stereocenters. The zero-order valence-corrected chi connectivity index (χ0v) is 11.3. The summed E-state index contributed by atoms with van der Waals surface area (Å²) in [5.74, 6) is 0. The molecule has 0 aliphatic heterocycles. The fraction of sp³-hybridized carbons (Fsp3) is 0.750. The standard InChI is InChI=1S/C12H21NOS/c1-8-9(2)15-10(13-8)7-12(6,14)11(3,4)5/h14H,7H2,1-6H3. The molecule has 0 amide bonds. The molecule has 1 aromatic rings. The molecule has 3 heteroatoms. The van der Waals surface area contributed by atoms with Crippen molar-refractivity contribution in [1.82, 2.24) is 4.98 Å². The lowest BCUT2D eigenvalue weighted by Crippen LogP contribution is -2.41. The maximum Gasteiger partial charge on any atom is 0.0959 e. The first-order valence-corrected chi connectivity index (χ1v) is 6.10. The molecule has 1 atom stereocenters. The lowest BCUT2D eigenvalue weighted by atomic mass is 9.76. The minimum Gasteiger partial charge on any atom is -0.389 e. The van der Waals surface area contributed by atoms with Crippen LogP contribution in [0.15, 0.2) is 0 Å². The van der Waals surface area contributed by atoms with Crippen LogP contribution < -0.4 is 0 Å². The van der Waals surface area contributed by atoms with Gasteiger partial charge in [0.2, 0.25) is 0 Å². The fourth-order valence-corrected chi connectivity index (χ4v) is 2.26. The summed E-state index contributed by atoms with van der Waals surface area (Å²) >= 11 is 1.69. The van der Waals surface area contributed by atoms with Gasteiger partial charge in [0.1, 0.15) is 0 Å². The molecule has 15 heavy (non-hydrogen) atoms. The van der Waals surface area contributed by atoms with Crippen molar-refractivity contribution in [3.63, 3.8) is 0 Å². The summed E-state index contributed by atoms with van der Waals surface area (Å²) in [4.78, 5) is 5.71. The average Bonchev–Trinajstić information content (AvgIpc) is 2.27. The van der Waals surface area contributed by atoms with Crippen LogP contribution in [0.5, 0.6) is 0 Å². The number of aliphatic hydroxyl groups is 1. The Hall–Kier alpha value is -0.410. The van der Waals surface area contributed by atoms with Crippen molar-refractivity contribution in [3.8, 4) is 0 Å². The summed E-state index contributed by atoms with van der Waals surface area (Å²) in [6, 6.07) is 0. The van der Waals surface area contributed by atoms with E-state index in [1.165, 1.54) is 4.88 Å². The highest BCUT2D eigenvalue weighted by Crippen LogP contribution is 2.34. The molecule has 1 N–H and O–H groups in total. The number of thiazole rings is 1. The van der Waals surface area contributed by atoms with E-state index in [1.807, 2.05) is 13.8 Å². The molecule has 0 fully saturated rings. The second kappa shape index (κ2) is 3.87. The van der Waals surface area contributed by atoms with E-state index in [0.29, 0.717) is 6.42 Å². The van der Waals surface area contributed by atoms with E-state index in [0.717, 1.165) is 10.7 Å². The largest absolute Gasteiger partial charge is 0.389 e. The SMILES string of the molecule is Cc1nc(CC(C)(O)C(C)(C)C)sc1C. The van der Waals surface area contributed by atoms with E-state index in [-0.39, 0.29) is 5.41 Å². The Morgan fingerprint density at radius 1 is 1.20 bits per heavy atom. The Bertz CT molecular complexity index is 327. The third-order valence-electron chi connectivity index (χ3n) is 3.18. The van der Waals surface area contributed by atoms with Crippen molar-refractivity contribution in [2.45, 2.75) is 53.6 Å². The normalized spacial score (nSPS) is 16.5. The Morgan fingerprint density at radius 2 is 1.73 bits per heavy atom. The topological polar surface area (TPSA) is 33.1 Å². The van der Waals surface area contributed by atoms with E-state index in [9.17, 15) is 5.11 Å². The number of hydrogen-bond acceptors (Lipinski definition) is 3. The second-order valence-electron chi connectivity index (χ2n) is 5.45. The first-order chi connectivity index (χ1) is 6.63. The summed E-state index contributed by atoms with van der Waals surface area (Å²) in [6.45, 7) is 12.1. The van der Waals surface area contributed by atoms with Gasteiger partial charge in [-0.2, -0.15) is 0 Å². The average molecular weight is 227 g/mol. The number of hydrogen-bond donors (Lipinski definition) is 1. The van der Waals surface area contributed by atoms with Gasteiger partial charge in [0.05, 0.1) is 16.3 Å². The molecule has 1 rings (SSSR count). The minimum atomic E-state index is -0.705. The van der Waals surface area contributed by atoms with E-state index >= 15 is 0 Å². The summed E-state index contributed by atoms with van der Waals surface area (Å²) < 4.78 is 0. The van der Waals surface area contributed by atoms with Gasteiger partial charge in [-0.15, -0.1) is 11.3 Å². The maximum absolute atomic E-state index is 10.4. The van der Waals surface area contributed by atoms with Crippen LogP contribution in [0.25, 0.3) is 0 Å². The molecule has 0 aliphatic rings. The molecule has 0 aromatic carbocycles. The van der Waals surface area contributed by atoms with Gasteiger partial charge in [0, 0.05) is 11.3 Å². The first-order valence-electron chi connectivity index (χ1n) is 5.29. The summed E-state index contributed by atoms with van der Waals surface area (Å²) in [6.07, 6.45) is 0.635. The van der Waals surface area contributed by atoms with Crippen LogP contribution in [0.3, 0.4) is 0 Å². The van der Waals surface area contributed by atoms with Crippen molar-refractivity contribution in [3.05, 3.63) is 15.6 Å². The van der Waals surface area contributed by atoms with Crippen molar-refractivity contribution in [1.29, 1.82) is 0 Å². The molecule has 0 bridgehead atoms. The molecule has 1 heterocycles. The monoisotopic (exact) mass is 227 g/mol. The highest BCUT2D eigenvalue weighted by atomic mass is 32.1. The minimum absolute atomic E-state index is 0.125. The third kappa shape index (κ3) is 2.79. The van der Waals surface area contributed by atoms with Crippen LogP contribution >= 0.6 is 11.3 Å². The molecule has 0 saturated heterocycles. The van der Waals surface area contributed by atoms with Gasteiger partial charge in [-0.3, -0.25) is 0 Å². The highest BCUT2D eigenvalue weighted by molar-refractivity contribution is 7.11. The van der Waals surface area contributed by atoms with Crippen LogP contribution in [0.2, 0.25) is 0 Å². The lowest BCUT2D eigenvalue weighted by molar-refractivity contribution is -0.0405. The number of rotatable bonds is 2. The maximum atomic E-state index is 10.4. The van der Waals surface area contributed by atoms with Gasteiger partial charge < -0.3 is 5.11 Å². The Morgan fingerprint density at radius 3 is 2.07 bits per heavy atom. The van der Waals surface area contributed by atoms with Crippen LogP contribution in [0.1, 0.15) is 43.3 Å². The Kier molecular flexibility index (Phi) is 3.27. The summed E-state index contributed by atoms with van der Waals surface area (Å²) in [7, 11) is 0. The van der Waals surface area contributed by atoms with Crippen molar-refractivity contribution >= 4 is 11.3 Å². The van der Waals surface area contributed by atoms with Crippen LogP contribution in [-0.2, 0) is 6.42 Å². The molecule has 0 aliphatic carbocycles. The molecular weight excluding hydrogens is 206 g/mol. The molecule has 86 valence electrons. The molecule has 0 spiro atoms. The second-order valence-corrected chi connectivity index (χ2v) is 6.74. The van der Waals surface area contributed by atoms with E-state index < -0.39 is 5.60 Å². The molecule has 1 aromatic heterocycles. The van der Waals surface area contributed by atoms with Gasteiger partial charge in [-0.25, -0.2) is 4.98 Å². The lowest BCUT2D eigenvalue weighted by Gasteiger charge is -2.36. The van der Waals surface area contributed by atoms with Gasteiger partial charge in [0.15, 0.2) is 0 Å². The van der Waals surface area contributed by atoms with E-state index in [4.69, 9.17) is 0 Å². The molecule has 0 saturated carbocycles. The van der Waals surface area contributed by atoms with Crippen LogP contribution in [-0.4, -0.2) is 15.7 Å². The van der Waals surface area contributed by atoms with Gasteiger partial charge >= 0.3 is 0 Å². The summed E-state index contributed by atoms with van der Waals surface area (Å²) in [5, 5.41) is 11.4. The Balaban J connectivity index is 2.86. The zero-order chi connectivity index (χ0) is 11.9. The first kappa shape index (κ1) is 12.7. The summed E-state index contributed by atoms with van der Waals surface area (Å²) in [5.41, 5.74) is 0.254. The molecular formula is C12H21NOS. The van der Waals surface area contributed by atoms with Crippen molar-refractivity contribution in [2.24, 2.45) is 5.41 Å². The fourth-order valence-electron chi connectivity index (χ4n) is 1.17. The van der Waals surface area contributed by atoms with Gasteiger partial charge in [-0.1, -0.05) is 20.8 Å². The highest BCUT2D eigenvalue weighted by Gasteiger charge is 2.36. The quantitative estimate of drug-likeness (QED) is 0.842. The van der Waals surface area contributed by atoms with E-state index in [2.05, 4.69) is 32.7 Å². The number of nitrogens with zero attached hydrogens (tertiary/aromatic N) is 1. The van der Waals surface area contributed by atoms with Crippen molar-refractivity contribution in [2.75, 3.05) is 0 Å². The van der Waals surface area contributed by atoms with Crippen LogP contribution in [0.4, 0.5) is 0 Å². The third-order valence-corrected chi connectivity index (χ3v) is 4.26. The Labute approximate surface area is 96.4 Å².